The standard InChI is InChI=1S/C19H28N2O3S/c1-6-21(7-2)17(18-9-8-10-24-18)13-20-25(22,23)19-15(4)11-14(3)12-16(19)5/h8-12,17,20H,6-7,13H2,1-5H3. The van der Waals surface area contributed by atoms with E-state index in [1.807, 2.05) is 45.0 Å². The van der Waals surface area contributed by atoms with Crippen LogP contribution in [0.3, 0.4) is 0 Å². The number of benzene rings is 1. The molecule has 1 heterocycles. The lowest BCUT2D eigenvalue weighted by Crippen LogP contribution is -2.38. The minimum Gasteiger partial charge on any atom is -0.468 e. The zero-order valence-corrected chi connectivity index (χ0v) is 16.5. The van der Waals surface area contributed by atoms with Crippen molar-refractivity contribution in [2.24, 2.45) is 0 Å². The summed E-state index contributed by atoms with van der Waals surface area (Å²) in [7, 11) is -3.59. The molecule has 6 heteroatoms. The molecule has 0 aliphatic heterocycles. The summed E-state index contributed by atoms with van der Waals surface area (Å²) in [6.45, 7) is 11.6. The van der Waals surface area contributed by atoms with Gasteiger partial charge in [0.2, 0.25) is 10.0 Å². The Kier molecular flexibility index (Phi) is 6.43. The van der Waals surface area contributed by atoms with Crippen molar-refractivity contribution in [2.75, 3.05) is 19.6 Å². The van der Waals surface area contributed by atoms with Crippen molar-refractivity contribution in [3.8, 4) is 0 Å². The molecule has 0 saturated carbocycles. The van der Waals surface area contributed by atoms with Crippen LogP contribution in [0.2, 0.25) is 0 Å². The molecule has 0 amide bonds. The van der Waals surface area contributed by atoms with E-state index in [2.05, 4.69) is 23.5 Å². The van der Waals surface area contributed by atoms with Crippen LogP contribution in [0.5, 0.6) is 0 Å². The molecule has 138 valence electrons. The maximum Gasteiger partial charge on any atom is 0.241 e. The molecule has 5 nitrogen and oxygen atoms in total. The minimum absolute atomic E-state index is 0.133. The summed E-state index contributed by atoms with van der Waals surface area (Å²) >= 11 is 0. The molecule has 1 N–H and O–H groups in total. The molecule has 1 unspecified atom stereocenters. The first-order chi connectivity index (χ1) is 11.8. The van der Waals surface area contributed by atoms with Gasteiger partial charge < -0.3 is 4.42 Å². The summed E-state index contributed by atoms with van der Waals surface area (Å²) in [4.78, 5) is 2.55. The van der Waals surface area contributed by atoms with Crippen molar-refractivity contribution in [3.05, 3.63) is 53.0 Å². The first-order valence-electron chi connectivity index (χ1n) is 8.65. The molecule has 1 atom stereocenters. The van der Waals surface area contributed by atoms with Gasteiger partial charge in [-0.3, -0.25) is 4.90 Å². The molecule has 2 rings (SSSR count). The van der Waals surface area contributed by atoms with E-state index in [0.29, 0.717) is 4.90 Å². The van der Waals surface area contributed by atoms with Crippen molar-refractivity contribution in [2.45, 2.75) is 45.6 Å². The molecular weight excluding hydrogens is 336 g/mol. The van der Waals surface area contributed by atoms with Crippen LogP contribution < -0.4 is 4.72 Å². The molecule has 0 spiro atoms. The molecule has 0 radical (unpaired) electrons. The van der Waals surface area contributed by atoms with Crippen LogP contribution in [0.1, 0.15) is 42.3 Å². The topological polar surface area (TPSA) is 62.6 Å². The van der Waals surface area contributed by atoms with Crippen LogP contribution >= 0.6 is 0 Å². The number of rotatable bonds is 8. The second-order valence-corrected chi connectivity index (χ2v) is 8.04. The molecule has 0 aliphatic carbocycles. The van der Waals surface area contributed by atoms with Crippen molar-refractivity contribution in [1.82, 2.24) is 9.62 Å². The second kappa shape index (κ2) is 8.17. The fraction of sp³-hybridized carbons (Fsp3) is 0.474. The maximum absolute atomic E-state index is 12.9. The van der Waals surface area contributed by atoms with Gasteiger partial charge in [0.15, 0.2) is 0 Å². The van der Waals surface area contributed by atoms with Gasteiger partial charge in [-0.2, -0.15) is 0 Å². The number of furan rings is 1. The predicted molar refractivity (Wildman–Crippen MR) is 100 cm³/mol. The highest BCUT2D eigenvalue weighted by Crippen LogP contribution is 2.24. The van der Waals surface area contributed by atoms with E-state index in [-0.39, 0.29) is 12.6 Å². The highest BCUT2D eigenvalue weighted by Gasteiger charge is 2.25. The van der Waals surface area contributed by atoms with E-state index in [9.17, 15) is 8.42 Å². The number of hydrogen-bond donors (Lipinski definition) is 1. The van der Waals surface area contributed by atoms with Gasteiger partial charge in [-0.05, 0) is 57.1 Å². The van der Waals surface area contributed by atoms with Crippen molar-refractivity contribution in [3.63, 3.8) is 0 Å². The van der Waals surface area contributed by atoms with Crippen LogP contribution in [-0.4, -0.2) is 33.0 Å². The molecule has 1 aromatic heterocycles. The van der Waals surface area contributed by atoms with Crippen molar-refractivity contribution < 1.29 is 12.8 Å². The lowest BCUT2D eigenvalue weighted by molar-refractivity contribution is 0.194. The molecule has 0 fully saturated rings. The number of nitrogens with zero attached hydrogens (tertiary/aromatic N) is 1. The third-order valence-corrected chi connectivity index (χ3v) is 6.19. The lowest BCUT2D eigenvalue weighted by atomic mass is 10.1. The van der Waals surface area contributed by atoms with Crippen LogP contribution in [0.15, 0.2) is 39.8 Å². The smallest absolute Gasteiger partial charge is 0.241 e. The van der Waals surface area contributed by atoms with Crippen LogP contribution in [0.4, 0.5) is 0 Å². The first-order valence-corrected chi connectivity index (χ1v) is 10.1. The van der Waals surface area contributed by atoms with E-state index in [0.717, 1.165) is 35.5 Å². The Bertz CT molecular complexity index is 771. The van der Waals surface area contributed by atoms with Crippen LogP contribution in [0.25, 0.3) is 0 Å². The van der Waals surface area contributed by atoms with Gasteiger partial charge in [-0.25, -0.2) is 13.1 Å². The molecule has 2 aromatic rings. The van der Waals surface area contributed by atoms with Gasteiger partial charge in [0.1, 0.15) is 5.76 Å². The molecule has 0 saturated heterocycles. The van der Waals surface area contributed by atoms with Crippen LogP contribution in [0, 0.1) is 20.8 Å². The molecule has 1 aromatic carbocycles. The van der Waals surface area contributed by atoms with Gasteiger partial charge in [0, 0.05) is 6.54 Å². The summed E-state index contributed by atoms with van der Waals surface area (Å²) in [5.74, 6) is 0.767. The first kappa shape index (κ1) is 19.7. The zero-order chi connectivity index (χ0) is 18.6. The largest absolute Gasteiger partial charge is 0.468 e. The third-order valence-electron chi connectivity index (χ3n) is 4.46. The quantitative estimate of drug-likeness (QED) is 0.778. The van der Waals surface area contributed by atoms with E-state index in [4.69, 9.17) is 4.42 Å². The molecule has 0 aliphatic rings. The van der Waals surface area contributed by atoms with Crippen molar-refractivity contribution >= 4 is 10.0 Å². The lowest BCUT2D eigenvalue weighted by Gasteiger charge is -2.28. The zero-order valence-electron chi connectivity index (χ0n) is 15.7. The van der Waals surface area contributed by atoms with E-state index in [1.165, 1.54) is 0 Å². The van der Waals surface area contributed by atoms with Gasteiger partial charge in [0.25, 0.3) is 0 Å². The number of nitrogens with one attached hydrogen (secondary N) is 1. The third kappa shape index (κ3) is 4.51. The summed E-state index contributed by atoms with van der Waals surface area (Å²) in [6, 6.07) is 7.38. The number of hydrogen-bond acceptors (Lipinski definition) is 4. The average molecular weight is 365 g/mol. The fourth-order valence-electron chi connectivity index (χ4n) is 3.41. The summed E-state index contributed by atoms with van der Waals surface area (Å²) in [5.41, 5.74) is 2.59. The second-order valence-electron chi connectivity index (χ2n) is 6.33. The predicted octanol–water partition coefficient (Wildman–Crippen LogP) is 3.57. The van der Waals surface area contributed by atoms with E-state index < -0.39 is 10.0 Å². The van der Waals surface area contributed by atoms with Gasteiger partial charge in [-0.15, -0.1) is 0 Å². The van der Waals surface area contributed by atoms with Gasteiger partial charge >= 0.3 is 0 Å². The number of sulfonamides is 1. The average Bonchev–Trinajstić information content (AvgIpc) is 3.04. The van der Waals surface area contributed by atoms with Crippen LogP contribution in [-0.2, 0) is 10.0 Å². The van der Waals surface area contributed by atoms with Crippen molar-refractivity contribution in [1.29, 1.82) is 0 Å². The van der Waals surface area contributed by atoms with Gasteiger partial charge in [-0.1, -0.05) is 31.5 Å². The van der Waals surface area contributed by atoms with E-state index in [1.54, 1.807) is 6.26 Å². The Hall–Kier alpha value is -1.63. The molecule has 25 heavy (non-hydrogen) atoms. The molecule has 0 bridgehead atoms. The Balaban J connectivity index is 2.28. The summed E-state index contributed by atoms with van der Waals surface area (Å²) in [5, 5.41) is 0. The van der Waals surface area contributed by atoms with E-state index >= 15 is 0 Å². The SMILES string of the molecule is CCN(CC)C(CNS(=O)(=O)c1c(C)cc(C)cc1C)c1ccco1. The Labute approximate surface area is 151 Å². The summed E-state index contributed by atoms with van der Waals surface area (Å²) in [6.07, 6.45) is 1.62. The summed E-state index contributed by atoms with van der Waals surface area (Å²) < 4.78 is 34.1. The van der Waals surface area contributed by atoms with Gasteiger partial charge in [0.05, 0.1) is 17.2 Å². The highest BCUT2D eigenvalue weighted by molar-refractivity contribution is 7.89. The number of likely N-dealkylation sites (N-methyl/N-ethyl adjacent to an activating group) is 1. The Morgan fingerprint density at radius 2 is 1.72 bits per heavy atom. The monoisotopic (exact) mass is 364 g/mol. The fourth-order valence-corrected chi connectivity index (χ4v) is 4.89. The minimum atomic E-state index is -3.59. The maximum atomic E-state index is 12.9. The number of aryl methyl sites for hydroxylation is 3. The normalized spacial score (nSPS) is 13.4. The Morgan fingerprint density at radius 3 is 2.20 bits per heavy atom. The molecular formula is C19H28N2O3S. The highest BCUT2D eigenvalue weighted by atomic mass is 32.2. The Morgan fingerprint density at radius 1 is 1.12 bits per heavy atom.